The number of ether oxygens (including phenoxy) is 4. The monoisotopic (exact) mass is 574 g/mol. The molecule has 11 heteroatoms. The SMILES string of the molecule is CCOC(=O)COc1ccc(SC[C@@H](COc2ccc(C(F)(F)F)cc2)OCc2ccc(Cl)s2)cc1C. The van der Waals surface area contributed by atoms with Gasteiger partial charge in [-0.2, -0.15) is 13.2 Å². The minimum absolute atomic E-state index is 0.150. The molecule has 200 valence electrons. The van der Waals surface area contributed by atoms with Crippen molar-refractivity contribution in [1.29, 1.82) is 0 Å². The summed E-state index contributed by atoms with van der Waals surface area (Å²) in [5, 5.41) is 0. The van der Waals surface area contributed by atoms with E-state index in [0.29, 0.717) is 34.8 Å². The second kappa shape index (κ2) is 13.9. The van der Waals surface area contributed by atoms with Crippen molar-refractivity contribution in [3.8, 4) is 11.5 Å². The van der Waals surface area contributed by atoms with Gasteiger partial charge in [-0.15, -0.1) is 23.1 Å². The summed E-state index contributed by atoms with van der Waals surface area (Å²) < 4.78 is 61.3. The van der Waals surface area contributed by atoms with E-state index in [0.717, 1.165) is 27.5 Å². The third-order valence-electron chi connectivity index (χ3n) is 4.94. The van der Waals surface area contributed by atoms with Gasteiger partial charge in [0, 0.05) is 15.5 Å². The van der Waals surface area contributed by atoms with Gasteiger partial charge in [0.1, 0.15) is 24.2 Å². The Kier molecular flexibility index (Phi) is 11.0. The first-order chi connectivity index (χ1) is 17.6. The Morgan fingerprint density at radius 1 is 1.08 bits per heavy atom. The quantitative estimate of drug-likeness (QED) is 0.156. The molecular formula is C26H26ClF3O5S2. The van der Waals surface area contributed by atoms with Crippen LogP contribution in [0.2, 0.25) is 4.34 Å². The summed E-state index contributed by atoms with van der Waals surface area (Å²) in [5.41, 5.74) is 0.129. The van der Waals surface area contributed by atoms with Gasteiger partial charge in [-0.1, -0.05) is 11.6 Å². The number of thioether (sulfide) groups is 1. The molecule has 37 heavy (non-hydrogen) atoms. The molecule has 0 amide bonds. The zero-order valence-corrected chi connectivity index (χ0v) is 22.6. The third-order valence-corrected chi connectivity index (χ3v) is 7.27. The largest absolute Gasteiger partial charge is 0.491 e. The lowest BCUT2D eigenvalue weighted by Crippen LogP contribution is -2.24. The summed E-state index contributed by atoms with van der Waals surface area (Å²) in [4.78, 5) is 13.4. The van der Waals surface area contributed by atoms with Crippen LogP contribution in [0.3, 0.4) is 0 Å². The van der Waals surface area contributed by atoms with Crippen molar-refractivity contribution >= 4 is 40.7 Å². The summed E-state index contributed by atoms with van der Waals surface area (Å²) in [5.74, 6) is 1.01. The van der Waals surface area contributed by atoms with Crippen LogP contribution in [0.1, 0.15) is 22.9 Å². The van der Waals surface area contributed by atoms with Crippen LogP contribution in [-0.4, -0.2) is 37.6 Å². The lowest BCUT2D eigenvalue weighted by Gasteiger charge is -2.19. The highest BCUT2D eigenvalue weighted by atomic mass is 35.5. The highest BCUT2D eigenvalue weighted by Gasteiger charge is 2.30. The highest BCUT2D eigenvalue weighted by molar-refractivity contribution is 7.99. The summed E-state index contributed by atoms with van der Waals surface area (Å²) in [7, 11) is 0. The maximum Gasteiger partial charge on any atom is 0.416 e. The normalized spacial score (nSPS) is 12.3. The Labute approximate surface area is 226 Å². The minimum Gasteiger partial charge on any atom is -0.491 e. The van der Waals surface area contributed by atoms with Gasteiger partial charge >= 0.3 is 12.1 Å². The molecule has 0 fully saturated rings. The van der Waals surface area contributed by atoms with E-state index in [9.17, 15) is 18.0 Å². The van der Waals surface area contributed by atoms with Crippen LogP contribution in [0, 0.1) is 6.92 Å². The number of aryl methyl sites for hydroxylation is 1. The predicted octanol–water partition coefficient (Wildman–Crippen LogP) is 7.43. The van der Waals surface area contributed by atoms with E-state index in [1.807, 2.05) is 25.1 Å². The van der Waals surface area contributed by atoms with E-state index in [1.54, 1.807) is 30.8 Å². The van der Waals surface area contributed by atoms with E-state index >= 15 is 0 Å². The summed E-state index contributed by atoms with van der Waals surface area (Å²) >= 11 is 8.96. The number of alkyl halides is 3. The zero-order valence-electron chi connectivity index (χ0n) is 20.2. The van der Waals surface area contributed by atoms with Crippen molar-refractivity contribution in [2.75, 3.05) is 25.6 Å². The third kappa shape index (κ3) is 9.77. The number of hydrogen-bond donors (Lipinski definition) is 0. The van der Waals surface area contributed by atoms with E-state index in [4.69, 9.17) is 30.5 Å². The average Bonchev–Trinajstić information content (AvgIpc) is 3.28. The van der Waals surface area contributed by atoms with Crippen LogP contribution in [0.4, 0.5) is 13.2 Å². The molecule has 0 saturated heterocycles. The van der Waals surface area contributed by atoms with Gasteiger partial charge in [-0.25, -0.2) is 4.79 Å². The molecule has 1 atom stereocenters. The van der Waals surface area contributed by atoms with E-state index in [1.165, 1.54) is 23.5 Å². The predicted molar refractivity (Wildman–Crippen MR) is 139 cm³/mol. The highest BCUT2D eigenvalue weighted by Crippen LogP contribution is 2.31. The Morgan fingerprint density at radius 2 is 1.84 bits per heavy atom. The van der Waals surface area contributed by atoms with Crippen LogP contribution in [0.5, 0.6) is 11.5 Å². The smallest absolute Gasteiger partial charge is 0.416 e. The first kappa shape index (κ1) is 29.2. The standard InChI is InChI=1S/C26H26ClF3O5S2/c1-3-32-25(31)15-35-23-10-8-21(12-17(23)2)36-16-20(34-14-22-9-11-24(27)37-22)13-33-19-6-4-18(5-7-19)26(28,29)30/h4-12,20H,3,13-16H2,1-2H3/t20-/m1/s1. The molecule has 0 saturated carbocycles. The molecule has 2 aromatic carbocycles. The molecule has 0 aliphatic rings. The van der Waals surface area contributed by atoms with Crippen LogP contribution >= 0.6 is 34.7 Å². The molecule has 3 rings (SSSR count). The Bertz CT molecular complexity index is 1150. The van der Waals surface area contributed by atoms with Crippen LogP contribution in [0.25, 0.3) is 0 Å². The lowest BCUT2D eigenvalue weighted by molar-refractivity contribution is -0.145. The number of carbonyl (C=O) groups excluding carboxylic acids is 1. The molecule has 1 heterocycles. The number of rotatable bonds is 13. The molecule has 0 N–H and O–H groups in total. The van der Waals surface area contributed by atoms with Crippen molar-refractivity contribution < 1.29 is 36.9 Å². The van der Waals surface area contributed by atoms with Crippen molar-refractivity contribution in [2.24, 2.45) is 0 Å². The molecule has 3 aromatic rings. The Balaban J connectivity index is 1.59. The summed E-state index contributed by atoms with van der Waals surface area (Å²) in [6, 6.07) is 13.9. The van der Waals surface area contributed by atoms with Gasteiger partial charge < -0.3 is 18.9 Å². The van der Waals surface area contributed by atoms with E-state index in [2.05, 4.69) is 0 Å². The molecule has 5 nitrogen and oxygen atoms in total. The number of thiophene rings is 1. The van der Waals surface area contributed by atoms with Crippen molar-refractivity contribution in [3.63, 3.8) is 0 Å². The van der Waals surface area contributed by atoms with E-state index in [-0.39, 0.29) is 19.3 Å². The molecule has 1 aromatic heterocycles. The van der Waals surface area contributed by atoms with Crippen molar-refractivity contribution in [3.05, 3.63) is 74.9 Å². The number of hydrogen-bond acceptors (Lipinski definition) is 7. The van der Waals surface area contributed by atoms with Gasteiger partial charge in [0.15, 0.2) is 6.61 Å². The maximum atomic E-state index is 12.8. The fraction of sp³-hybridized carbons (Fsp3) is 0.346. The first-order valence-corrected chi connectivity index (χ1v) is 13.5. The second-order valence-electron chi connectivity index (χ2n) is 7.80. The fourth-order valence-electron chi connectivity index (χ4n) is 3.11. The molecule has 0 spiro atoms. The average molecular weight is 575 g/mol. The van der Waals surface area contributed by atoms with Crippen LogP contribution in [0.15, 0.2) is 59.5 Å². The number of halogens is 4. The molecule has 0 bridgehead atoms. The van der Waals surface area contributed by atoms with Crippen molar-refractivity contribution in [1.82, 2.24) is 0 Å². The van der Waals surface area contributed by atoms with E-state index < -0.39 is 17.7 Å². The topological polar surface area (TPSA) is 54.0 Å². The van der Waals surface area contributed by atoms with Crippen molar-refractivity contribution in [2.45, 2.75) is 37.6 Å². The second-order valence-corrected chi connectivity index (χ2v) is 10.7. The van der Waals surface area contributed by atoms with Crippen LogP contribution in [-0.2, 0) is 27.1 Å². The summed E-state index contributed by atoms with van der Waals surface area (Å²) in [6.45, 7) is 4.23. The first-order valence-electron chi connectivity index (χ1n) is 11.3. The summed E-state index contributed by atoms with van der Waals surface area (Å²) in [6.07, 6.45) is -4.76. The Hall–Kier alpha value is -2.40. The molecular weight excluding hydrogens is 549 g/mol. The molecule has 0 unspecified atom stereocenters. The lowest BCUT2D eigenvalue weighted by atomic mass is 10.2. The molecule has 0 radical (unpaired) electrons. The fourth-order valence-corrected chi connectivity index (χ4v) is 5.11. The molecule has 0 aliphatic heterocycles. The van der Waals surface area contributed by atoms with Gasteiger partial charge in [0.05, 0.1) is 23.1 Å². The molecule has 0 aliphatic carbocycles. The van der Waals surface area contributed by atoms with Gasteiger partial charge in [0.25, 0.3) is 0 Å². The van der Waals surface area contributed by atoms with Gasteiger partial charge in [-0.3, -0.25) is 0 Å². The minimum atomic E-state index is -4.40. The zero-order chi connectivity index (χ0) is 26.8. The van der Waals surface area contributed by atoms with Gasteiger partial charge in [-0.05, 0) is 74.0 Å². The maximum absolute atomic E-state index is 12.8. The number of carbonyl (C=O) groups is 1. The number of esters is 1. The van der Waals surface area contributed by atoms with Crippen LogP contribution < -0.4 is 9.47 Å². The van der Waals surface area contributed by atoms with Gasteiger partial charge in [0.2, 0.25) is 0 Å². The number of benzene rings is 2. The Morgan fingerprint density at radius 3 is 2.46 bits per heavy atom.